The lowest BCUT2D eigenvalue weighted by Crippen LogP contribution is -2.40. The van der Waals surface area contributed by atoms with E-state index in [-0.39, 0.29) is 5.60 Å². The quantitative estimate of drug-likeness (QED) is 0.869. The maximum absolute atomic E-state index is 6.34. The Morgan fingerprint density at radius 1 is 1.05 bits per heavy atom. The van der Waals surface area contributed by atoms with Crippen molar-refractivity contribution in [3.63, 3.8) is 0 Å². The molecule has 1 heterocycles. The number of hydrogen-bond acceptors (Lipinski definition) is 3. The van der Waals surface area contributed by atoms with Gasteiger partial charge in [-0.3, -0.25) is 4.98 Å². The second-order valence-electron chi connectivity index (χ2n) is 6.08. The molecule has 0 saturated heterocycles. The van der Waals surface area contributed by atoms with Crippen LogP contribution in [-0.4, -0.2) is 17.1 Å². The molecule has 0 amide bonds. The van der Waals surface area contributed by atoms with Crippen molar-refractivity contribution < 1.29 is 4.74 Å². The van der Waals surface area contributed by atoms with Gasteiger partial charge in [0.05, 0.1) is 17.7 Å². The maximum atomic E-state index is 6.34. The molecule has 3 heteroatoms. The standard InChI is InChI=1S/C18H24N2O/c19-14-18(10-5-1-2-6-11-18)21-13-15-9-12-20-17-8-4-3-7-16(15)17/h3-4,7-9,12H,1-2,5-6,10-11,13-14,19H2. The van der Waals surface area contributed by atoms with E-state index in [4.69, 9.17) is 10.5 Å². The Hall–Kier alpha value is -1.45. The third-order valence-electron chi connectivity index (χ3n) is 4.66. The molecule has 21 heavy (non-hydrogen) atoms. The van der Waals surface area contributed by atoms with E-state index in [9.17, 15) is 0 Å². The Kier molecular flexibility index (Phi) is 4.51. The summed E-state index contributed by atoms with van der Waals surface area (Å²) in [7, 11) is 0. The van der Waals surface area contributed by atoms with Gasteiger partial charge in [0, 0.05) is 18.1 Å². The molecule has 0 aliphatic heterocycles. The van der Waals surface area contributed by atoms with Crippen LogP contribution >= 0.6 is 0 Å². The normalized spacial score (nSPS) is 18.5. The number of aromatic nitrogens is 1. The van der Waals surface area contributed by atoms with Crippen molar-refractivity contribution >= 4 is 10.9 Å². The third kappa shape index (κ3) is 3.25. The number of hydrogen-bond donors (Lipinski definition) is 1. The molecule has 1 fully saturated rings. The first-order valence-electron chi connectivity index (χ1n) is 8.00. The van der Waals surface area contributed by atoms with Crippen LogP contribution in [0.4, 0.5) is 0 Å². The summed E-state index contributed by atoms with van der Waals surface area (Å²) < 4.78 is 6.34. The predicted octanol–water partition coefficient (Wildman–Crippen LogP) is 3.80. The molecule has 1 aliphatic carbocycles. The number of ether oxygens (including phenoxy) is 1. The van der Waals surface area contributed by atoms with E-state index < -0.39 is 0 Å². The zero-order valence-corrected chi connectivity index (χ0v) is 12.6. The summed E-state index contributed by atoms with van der Waals surface area (Å²) in [6.07, 6.45) is 9.12. The van der Waals surface area contributed by atoms with Gasteiger partial charge in [-0.2, -0.15) is 0 Å². The Morgan fingerprint density at radius 3 is 2.57 bits per heavy atom. The van der Waals surface area contributed by atoms with Crippen molar-refractivity contribution in [2.24, 2.45) is 5.73 Å². The minimum atomic E-state index is -0.124. The first-order chi connectivity index (χ1) is 10.3. The molecule has 0 spiro atoms. The molecule has 1 aromatic carbocycles. The van der Waals surface area contributed by atoms with Gasteiger partial charge in [-0.25, -0.2) is 0 Å². The van der Waals surface area contributed by atoms with Crippen LogP contribution in [-0.2, 0) is 11.3 Å². The van der Waals surface area contributed by atoms with Crippen molar-refractivity contribution in [1.82, 2.24) is 4.98 Å². The average Bonchev–Trinajstić information content (AvgIpc) is 2.79. The molecule has 1 aromatic heterocycles. The topological polar surface area (TPSA) is 48.1 Å². The summed E-state index contributed by atoms with van der Waals surface area (Å²) in [5.41, 5.74) is 8.16. The molecule has 2 aromatic rings. The van der Waals surface area contributed by atoms with E-state index in [0.29, 0.717) is 13.2 Å². The summed E-state index contributed by atoms with van der Waals surface area (Å²) in [5.74, 6) is 0. The molecule has 2 N–H and O–H groups in total. The Labute approximate surface area is 126 Å². The molecule has 1 aliphatic rings. The molecule has 112 valence electrons. The summed E-state index contributed by atoms with van der Waals surface area (Å²) in [5, 5.41) is 1.18. The minimum Gasteiger partial charge on any atom is -0.369 e. The average molecular weight is 284 g/mol. The van der Waals surface area contributed by atoms with Crippen LogP contribution in [0.1, 0.15) is 44.1 Å². The minimum absolute atomic E-state index is 0.124. The van der Waals surface area contributed by atoms with Crippen molar-refractivity contribution in [2.75, 3.05) is 6.54 Å². The fourth-order valence-corrected chi connectivity index (χ4v) is 3.29. The fraction of sp³-hybridized carbons (Fsp3) is 0.500. The van der Waals surface area contributed by atoms with Gasteiger partial charge in [-0.1, -0.05) is 43.9 Å². The predicted molar refractivity (Wildman–Crippen MR) is 86.0 cm³/mol. The molecule has 0 unspecified atom stereocenters. The van der Waals surface area contributed by atoms with Crippen LogP contribution < -0.4 is 5.73 Å². The highest BCUT2D eigenvalue weighted by Gasteiger charge is 2.30. The van der Waals surface area contributed by atoms with Crippen molar-refractivity contribution in [3.05, 3.63) is 42.1 Å². The van der Waals surface area contributed by atoms with Crippen LogP contribution in [0.5, 0.6) is 0 Å². The third-order valence-corrected chi connectivity index (χ3v) is 4.66. The number of para-hydroxylation sites is 1. The summed E-state index contributed by atoms with van der Waals surface area (Å²) in [6, 6.07) is 10.3. The zero-order chi connectivity index (χ0) is 14.5. The summed E-state index contributed by atoms with van der Waals surface area (Å²) in [4.78, 5) is 4.41. The highest BCUT2D eigenvalue weighted by atomic mass is 16.5. The second kappa shape index (κ2) is 6.54. The van der Waals surface area contributed by atoms with E-state index in [1.54, 1.807) is 0 Å². The van der Waals surface area contributed by atoms with Gasteiger partial charge in [0.1, 0.15) is 0 Å². The van der Waals surface area contributed by atoms with Crippen LogP contribution in [0.2, 0.25) is 0 Å². The first-order valence-corrected chi connectivity index (χ1v) is 8.00. The van der Waals surface area contributed by atoms with Gasteiger partial charge in [-0.15, -0.1) is 0 Å². The van der Waals surface area contributed by atoms with E-state index in [1.807, 2.05) is 18.3 Å². The van der Waals surface area contributed by atoms with E-state index in [2.05, 4.69) is 23.2 Å². The molecule has 0 radical (unpaired) electrons. The van der Waals surface area contributed by atoms with E-state index in [0.717, 1.165) is 18.4 Å². The highest BCUT2D eigenvalue weighted by molar-refractivity contribution is 5.81. The monoisotopic (exact) mass is 284 g/mol. The number of fused-ring (bicyclic) bond motifs is 1. The number of nitrogens with zero attached hydrogens (tertiary/aromatic N) is 1. The van der Waals surface area contributed by atoms with Gasteiger partial charge < -0.3 is 10.5 Å². The SMILES string of the molecule is NCC1(OCc2ccnc3ccccc23)CCCCCC1. The molecule has 3 rings (SSSR count). The lowest BCUT2D eigenvalue weighted by atomic mass is 9.94. The zero-order valence-electron chi connectivity index (χ0n) is 12.6. The van der Waals surface area contributed by atoms with Gasteiger partial charge in [0.25, 0.3) is 0 Å². The van der Waals surface area contributed by atoms with Crippen molar-refractivity contribution in [1.29, 1.82) is 0 Å². The lowest BCUT2D eigenvalue weighted by Gasteiger charge is -2.32. The number of rotatable bonds is 4. The number of benzene rings is 1. The van der Waals surface area contributed by atoms with Gasteiger partial charge in [0.15, 0.2) is 0 Å². The van der Waals surface area contributed by atoms with Crippen molar-refractivity contribution in [3.8, 4) is 0 Å². The smallest absolute Gasteiger partial charge is 0.0808 e. The Bertz CT molecular complexity index is 583. The largest absolute Gasteiger partial charge is 0.369 e. The maximum Gasteiger partial charge on any atom is 0.0808 e. The summed E-state index contributed by atoms with van der Waals surface area (Å²) in [6.45, 7) is 1.25. The molecule has 0 atom stereocenters. The second-order valence-corrected chi connectivity index (χ2v) is 6.08. The molecule has 0 bridgehead atoms. The fourth-order valence-electron chi connectivity index (χ4n) is 3.29. The first kappa shape index (κ1) is 14.5. The van der Waals surface area contributed by atoms with Crippen molar-refractivity contribution in [2.45, 2.75) is 50.7 Å². The Morgan fingerprint density at radius 2 is 1.81 bits per heavy atom. The Balaban J connectivity index is 1.78. The van der Waals surface area contributed by atoms with Crippen LogP contribution in [0.3, 0.4) is 0 Å². The highest BCUT2D eigenvalue weighted by Crippen LogP contribution is 2.31. The molecular weight excluding hydrogens is 260 g/mol. The molecular formula is C18H24N2O. The molecule has 1 saturated carbocycles. The van der Waals surface area contributed by atoms with Crippen LogP contribution in [0.15, 0.2) is 36.5 Å². The summed E-state index contributed by atoms with van der Waals surface area (Å²) >= 11 is 0. The lowest BCUT2D eigenvalue weighted by molar-refractivity contribution is -0.0597. The van der Waals surface area contributed by atoms with Gasteiger partial charge in [-0.05, 0) is 30.5 Å². The van der Waals surface area contributed by atoms with E-state index in [1.165, 1.54) is 36.6 Å². The van der Waals surface area contributed by atoms with Crippen LogP contribution in [0.25, 0.3) is 10.9 Å². The molecule has 3 nitrogen and oxygen atoms in total. The van der Waals surface area contributed by atoms with Gasteiger partial charge >= 0.3 is 0 Å². The van der Waals surface area contributed by atoms with Crippen LogP contribution in [0, 0.1) is 0 Å². The number of pyridine rings is 1. The number of nitrogens with two attached hydrogens (primary N) is 1. The van der Waals surface area contributed by atoms with Gasteiger partial charge in [0.2, 0.25) is 0 Å². The van der Waals surface area contributed by atoms with E-state index >= 15 is 0 Å².